The summed E-state index contributed by atoms with van der Waals surface area (Å²) in [7, 11) is 0. The van der Waals surface area contributed by atoms with Crippen LogP contribution in [0.4, 0.5) is 10.5 Å². The van der Waals surface area contributed by atoms with Gasteiger partial charge in [0.1, 0.15) is 12.5 Å². The lowest BCUT2D eigenvalue weighted by Gasteiger charge is -2.10. The third kappa shape index (κ3) is 5.36. The van der Waals surface area contributed by atoms with Gasteiger partial charge in [-0.2, -0.15) is 0 Å². The highest BCUT2D eigenvalue weighted by molar-refractivity contribution is 6.37. The van der Waals surface area contributed by atoms with E-state index in [9.17, 15) is 29.3 Å². The quantitative estimate of drug-likeness (QED) is 0.258. The lowest BCUT2D eigenvalue weighted by molar-refractivity contribution is -0.384. The first-order chi connectivity index (χ1) is 11.2. The fourth-order valence-electron chi connectivity index (χ4n) is 1.54. The summed E-state index contributed by atoms with van der Waals surface area (Å²) in [6.45, 7) is -1.01. The second-order valence-corrected chi connectivity index (χ2v) is 4.44. The number of carboxylic acid groups (broad SMARTS) is 2. The number of carbonyl (C=O) groups is 4. The van der Waals surface area contributed by atoms with Gasteiger partial charge in [-0.1, -0.05) is 0 Å². The number of nitro groups is 1. The molecule has 3 N–H and O–H groups in total. The fraction of sp³-hybridized carbons (Fsp3) is 0.231. The zero-order valence-corrected chi connectivity index (χ0v) is 12.0. The van der Waals surface area contributed by atoms with E-state index in [1.807, 2.05) is 5.32 Å². The van der Waals surface area contributed by atoms with Crippen molar-refractivity contribution in [1.29, 1.82) is 0 Å². The van der Waals surface area contributed by atoms with Gasteiger partial charge in [0.2, 0.25) is 0 Å². The Kier molecular flexibility index (Phi) is 6.35. The van der Waals surface area contributed by atoms with E-state index in [4.69, 9.17) is 14.9 Å². The molecular formula is C13H12N2O9. The molecule has 0 spiro atoms. The normalized spacial score (nSPS) is 11.2. The molecule has 128 valence electrons. The molecule has 1 atom stereocenters. The van der Waals surface area contributed by atoms with Gasteiger partial charge < -0.3 is 20.3 Å². The minimum absolute atomic E-state index is 0.139. The smallest absolute Gasteiger partial charge is 0.407 e. The zero-order chi connectivity index (χ0) is 18.3. The monoisotopic (exact) mass is 340 g/mol. The Morgan fingerprint density at radius 2 is 1.75 bits per heavy atom. The summed E-state index contributed by atoms with van der Waals surface area (Å²) in [4.78, 5) is 53.7. The number of ether oxygens (including phenoxy) is 1. The van der Waals surface area contributed by atoms with Crippen LogP contribution in [0, 0.1) is 16.0 Å². The van der Waals surface area contributed by atoms with Gasteiger partial charge in [0, 0.05) is 18.7 Å². The van der Waals surface area contributed by atoms with E-state index >= 15 is 0 Å². The molecule has 24 heavy (non-hydrogen) atoms. The number of rotatable bonds is 8. The number of nitrogens with one attached hydrogen (secondary N) is 1. The second kappa shape index (κ2) is 8.22. The topological polar surface area (TPSA) is 173 Å². The number of amides is 1. The molecule has 0 aliphatic carbocycles. The molecule has 0 fully saturated rings. The molecule has 0 heterocycles. The van der Waals surface area contributed by atoms with Crippen molar-refractivity contribution < 1.29 is 39.1 Å². The van der Waals surface area contributed by atoms with Crippen molar-refractivity contribution in [2.45, 2.75) is 6.61 Å². The van der Waals surface area contributed by atoms with Crippen LogP contribution in [0.5, 0.6) is 0 Å². The largest absolute Gasteiger partial charge is 0.481 e. The molecule has 0 bridgehead atoms. The molecule has 0 aliphatic heterocycles. The maximum absolute atomic E-state index is 11.4. The third-order valence-corrected chi connectivity index (χ3v) is 2.79. The molecule has 1 unspecified atom stereocenters. The Balaban J connectivity index is 2.51. The number of non-ortho nitro benzene ring substituents is 1. The van der Waals surface area contributed by atoms with Gasteiger partial charge in [-0.15, -0.1) is 0 Å². The molecule has 1 rings (SSSR count). The van der Waals surface area contributed by atoms with Gasteiger partial charge in [-0.25, -0.2) is 9.59 Å². The first kappa shape index (κ1) is 18.5. The van der Waals surface area contributed by atoms with Crippen LogP contribution in [-0.4, -0.2) is 45.5 Å². The summed E-state index contributed by atoms with van der Waals surface area (Å²) in [5, 5.41) is 29.7. The van der Waals surface area contributed by atoms with E-state index in [1.165, 1.54) is 24.3 Å². The summed E-state index contributed by atoms with van der Waals surface area (Å²) in [6, 6.07) is 5.14. The van der Waals surface area contributed by atoms with Crippen LogP contribution in [0.2, 0.25) is 0 Å². The van der Waals surface area contributed by atoms with Gasteiger partial charge in [0.05, 0.1) is 4.92 Å². The van der Waals surface area contributed by atoms with Gasteiger partial charge >= 0.3 is 18.0 Å². The molecule has 0 saturated carbocycles. The van der Waals surface area contributed by atoms with Crippen molar-refractivity contribution in [2.24, 2.45) is 5.92 Å². The Bertz CT molecular complexity index is 669. The third-order valence-electron chi connectivity index (χ3n) is 2.79. The lowest BCUT2D eigenvalue weighted by atomic mass is 10.1. The van der Waals surface area contributed by atoms with Crippen LogP contribution in [0.3, 0.4) is 0 Å². The molecule has 11 nitrogen and oxygen atoms in total. The predicted octanol–water partition coefficient (Wildman–Crippen LogP) is 0.176. The Morgan fingerprint density at radius 1 is 1.17 bits per heavy atom. The van der Waals surface area contributed by atoms with E-state index in [-0.39, 0.29) is 12.3 Å². The maximum Gasteiger partial charge on any atom is 0.407 e. The average molecular weight is 340 g/mol. The van der Waals surface area contributed by atoms with Crippen LogP contribution in [-0.2, 0) is 25.7 Å². The molecule has 11 heteroatoms. The number of nitro benzene ring substituents is 1. The number of aliphatic carboxylic acids is 2. The van der Waals surface area contributed by atoms with E-state index < -0.39 is 41.2 Å². The summed E-state index contributed by atoms with van der Waals surface area (Å²) in [5.41, 5.74) is 0.298. The standard InChI is InChI=1S/C13H12N2O9/c16-10(12(19)20)9(11(17)18)5-14-13(21)24-6-7-1-3-8(4-2-7)15(22)23/h1-4,9H,5-6H2,(H,14,21)(H,17,18)(H,19,20). The summed E-state index contributed by atoms with van der Waals surface area (Å²) in [5.74, 6) is -7.13. The maximum atomic E-state index is 11.4. The van der Waals surface area contributed by atoms with Crippen molar-refractivity contribution in [2.75, 3.05) is 6.54 Å². The SMILES string of the molecule is O=C(NCC(C(=O)O)C(=O)C(=O)O)OCc1ccc([N+](=O)[O-])cc1. The van der Waals surface area contributed by atoms with Gasteiger partial charge in [0.15, 0.2) is 0 Å². The van der Waals surface area contributed by atoms with Crippen molar-refractivity contribution in [3.63, 3.8) is 0 Å². The second-order valence-electron chi connectivity index (χ2n) is 4.44. The predicted molar refractivity (Wildman–Crippen MR) is 75.1 cm³/mol. The molecule has 0 radical (unpaired) electrons. The lowest BCUT2D eigenvalue weighted by Crippen LogP contribution is -2.40. The first-order valence-electron chi connectivity index (χ1n) is 6.36. The molecule has 1 aromatic rings. The average Bonchev–Trinajstić information content (AvgIpc) is 2.52. The van der Waals surface area contributed by atoms with Crippen molar-refractivity contribution in [1.82, 2.24) is 5.32 Å². The zero-order valence-electron chi connectivity index (χ0n) is 12.0. The highest BCUT2D eigenvalue weighted by Gasteiger charge is 2.31. The minimum atomic E-state index is -1.94. The number of benzene rings is 1. The summed E-state index contributed by atoms with van der Waals surface area (Å²) >= 11 is 0. The van der Waals surface area contributed by atoms with Crippen LogP contribution in [0.1, 0.15) is 5.56 Å². The van der Waals surface area contributed by atoms with E-state index in [0.717, 1.165) is 0 Å². The van der Waals surface area contributed by atoms with Crippen molar-refractivity contribution >= 4 is 29.5 Å². The van der Waals surface area contributed by atoms with Crippen LogP contribution < -0.4 is 5.32 Å². The van der Waals surface area contributed by atoms with Gasteiger partial charge in [-0.3, -0.25) is 19.7 Å². The van der Waals surface area contributed by atoms with Gasteiger partial charge in [0.25, 0.3) is 11.5 Å². The Labute approximate surface area is 134 Å². The van der Waals surface area contributed by atoms with Crippen molar-refractivity contribution in [3.8, 4) is 0 Å². The van der Waals surface area contributed by atoms with E-state index in [2.05, 4.69) is 0 Å². The molecular weight excluding hydrogens is 328 g/mol. The molecule has 0 aromatic heterocycles. The number of alkyl carbamates (subject to hydrolysis) is 1. The van der Waals surface area contributed by atoms with Gasteiger partial charge in [-0.05, 0) is 17.7 Å². The number of nitrogens with zero attached hydrogens (tertiary/aromatic N) is 1. The Morgan fingerprint density at radius 3 is 2.21 bits per heavy atom. The molecule has 0 aliphatic rings. The number of carboxylic acids is 2. The van der Waals surface area contributed by atoms with E-state index in [1.54, 1.807) is 0 Å². The molecule has 0 saturated heterocycles. The van der Waals surface area contributed by atoms with Crippen molar-refractivity contribution in [3.05, 3.63) is 39.9 Å². The number of Topliss-reactive ketones (excluding diaryl/α,β-unsaturated/α-hetero) is 1. The fourth-order valence-corrected chi connectivity index (χ4v) is 1.54. The minimum Gasteiger partial charge on any atom is -0.481 e. The summed E-state index contributed by atoms with van der Waals surface area (Å²) in [6.07, 6.45) is -1.07. The molecule has 1 aromatic carbocycles. The first-order valence-corrected chi connectivity index (χ1v) is 6.36. The van der Waals surface area contributed by atoms with Crippen LogP contribution in [0.25, 0.3) is 0 Å². The van der Waals surface area contributed by atoms with E-state index in [0.29, 0.717) is 5.56 Å². The van der Waals surface area contributed by atoms with Crippen LogP contribution in [0.15, 0.2) is 24.3 Å². The highest BCUT2D eigenvalue weighted by Crippen LogP contribution is 2.12. The number of ketones is 1. The Hall–Kier alpha value is -3.50. The number of carbonyl (C=O) groups excluding carboxylic acids is 2. The number of hydrogen-bond donors (Lipinski definition) is 3. The highest BCUT2D eigenvalue weighted by atomic mass is 16.6. The van der Waals surface area contributed by atoms with Crippen LogP contribution >= 0.6 is 0 Å². The number of hydrogen-bond acceptors (Lipinski definition) is 7. The molecule has 1 amide bonds. The summed E-state index contributed by atoms with van der Waals surface area (Å²) < 4.78 is 4.73.